The Hall–Kier alpha value is -2.68. The van der Waals surface area contributed by atoms with Crippen molar-refractivity contribution < 1.29 is 19.2 Å². The first-order chi connectivity index (χ1) is 16.9. The van der Waals surface area contributed by atoms with Gasteiger partial charge in [-0.25, -0.2) is 0 Å². The van der Waals surface area contributed by atoms with Crippen molar-refractivity contribution in [2.75, 3.05) is 57.4 Å². The van der Waals surface area contributed by atoms with Gasteiger partial charge in [0.25, 0.3) is 11.6 Å². The molecule has 0 radical (unpaired) electrons. The minimum absolute atomic E-state index is 0.0824. The maximum absolute atomic E-state index is 13.7. The molecule has 2 amide bonds. The SMILES string of the molecule is O=C(c1cc([N+](=O)[O-])ccc1N1CCOCC1)N1CCN(C(=O)C23CC4CC(CC(C4)C2)C3)CC1. The highest BCUT2D eigenvalue weighted by atomic mass is 16.6. The van der Waals surface area contributed by atoms with E-state index in [0.29, 0.717) is 64.0 Å². The van der Waals surface area contributed by atoms with Crippen LogP contribution in [0, 0.1) is 33.3 Å². The number of carbonyl (C=O) groups excluding carboxylic acids is 2. The summed E-state index contributed by atoms with van der Waals surface area (Å²) in [6.45, 7) is 4.41. The smallest absolute Gasteiger partial charge is 0.270 e. The van der Waals surface area contributed by atoms with Gasteiger partial charge in [-0.2, -0.15) is 0 Å². The highest BCUT2D eigenvalue weighted by Gasteiger charge is 2.55. The van der Waals surface area contributed by atoms with Gasteiger partial charge in [0.15, 0.2) is 0 Å². The summed E-state index contributed by atoms with van der Waals surface area (Å²) in [5.41, 5.74) is 0.837. The van der Waals surface area contributed by atoms with Crippen LogP contribution < -0.4 is 4.90 Å². The number of amides is 2. The van der Waals surface area contributed by atoms with Crippen molar-refractivity contribution in [3.63, 3.8) is 0 Å². The molecule has 7 rings (SSSR count). The molecule has 6 aliphatic rings. The minimum Gasteiger partial charge on any atom is -0.378 e. The number of hydrogen-bond donors (Lipinski definition) is 0. The van der Waals surface area contributed by atoms with E-state index in [4.69, 9.17) is 4.74 Å². The van der Waals surface area contributed by atoms with Crippen LogP contribution in [0.2, 0.25) is 0 Å². The number of ether oxygens (including phenoxy) is 1. The largest absolute Gasteiger partial charge is 0.378 e. The second-order valence-electron chi connectivity index (χ2n) is 11.3. The maximum Gasteiger partial charge on any atom is 0.270 e. The lowest BCUT2D eigenvalue weighted by Crippen LogP contribution is -2.58. The molecule has 2 saturated heterocycles. The molecule has 9 nitrogen and oxygen atoms in total. The zero-order valence-corrected chi connectivity index (χ0v) is 20.2. The fraction of sp³-hybridized carbons (Fsp3) is 0.692. The van der Waals surface area contributed by atoms with Crippen LogP contribution in [-0.2, 0) is 9.53 Å². The van der Waals surface area contributed by atoms with E-state index in [2.05, 4.69) is 4.90 Å². The Morgan fingerprint density at radius 3 is 2.03 bits per heavy atom. The van der Waals surface area contributed by atoms with E-state index in [1.807, 2.05) is 4.90 Å². The Balaban J connectivity index is 1.16. The molecular formula is C26H34N4O5. The van der Waals surface area contributed by atoms with Crippen molar-refractivity contribution in [2.45, 2.75) is 38.5 Å². The van der Waals surface area contributed by atoms with Crippen LogP contribution >= 0.6 is 0 Å². The van der Waals surface area contributed by atoms with Crippen LogP contribution in [0.5, 0.6) is 0 Å². The quantitative estimate of drug-likeness (QED) is 0.484. The molecule has 4 aliphatic carbocycles. The third kappa shape index (κ3) is 4.07. The number of rotatable bonds is 4. The van der Waals surface area contributed by atoms with Gasteiger partial charge in [-0.05, 0) is 62.3 Å². The van der Waals surface area contributed by atoms with Gasteiger partial charge in [0.05, 0.1) is 34.8 Å². The number of hydrogen-bond acceptors (Lipinski definition) is 6. The number of anilines is 1. The van der Waals surface area contributed by atoms with Crippen LogP contribution in [0.3, 0.4) is 0 Å². The molecule has 2 aliphatic heterocycles. The lowest BCUT2D eigenvalue weighted by Gasteiger charge is -2.57. The molecule has 4 saturated carbocycles. The van der Waals surface area contributed by atoms with Crippen molar-refractivity contribution in [3.05, 3.63) is 33.9 Å². The molecule has 0 spiro atoms. The molecule has 2 heterocycles. The summed E-state index contributed by atoms with van der Waals surface area (Å²) in [5, 5.41) is 11.4. The average molecular weight is 483 g/mol. The van der Waals surface area contributed by atoms with Gasteiger partial charge in [-0.1, -0.05) is 0 Å². The van der Waals surface area contributed by atoms with Crippen LogP contribution in [0.1, 0.15) is 48.9 Å². The summed E-state index contributed by atoms with van der Waals surface area (Å²) in [4.78, 5) is 44.1. The lowest BCUT2D eigenvalue weighted by molar-refractivity contribution is -0.384. The molecule has 1 aromatic rings. The van der Waals surface area contributed by atoms with E-state index < -0.39 is 4.92 Å². The fourth-order valence-electron chi connectivity index (χ4n) is 7.88. The molecule has 188 valence electrons. The Morgan fingerprint density at radius 1 is 0.886 bits per heavy atom. The topological polar surface area (TPSA) is 96.2 Å². The molecule has 0 N–H and O–H groups in total. The molecule has 9 heteroatoms. The molecular weight excluding hydrogens is 448 g/mol. The fourth-order valence-corrected chi connectivity index (χ4v) is 7.88. The van der Waals surface area contributed by atoms with Gasteiger partial charge in [0.2, 0.25) is 5.91 Å². The Kier molecular flexibility index (Phi) is 5.70. The van der Waals surface area contributed by atoms with Gasteiger partial charge in [-0.3, -0.25) is 19.7 Å². The predicted molar refractivity (Wildman–Crippen MR) is 129 cm³/mol. The lowest BCUT2D eigenvalue weighted by atomic mass is 9.49. The Morgan fingerprint density at radius 2 is 1.46 bits per heavy atom. The maximum atomic E-state index is 13.7. The summed E-state index contributed by atoms with van der Waals surface area (Å²) in [6, 6.07) is 4.55. The van der Waals surface area contributed by atoms with E-state index >= 15 is 0 Å². The van der Waals surface area contributed by atoms with Gasteiger partial charge >= 0.3 is 0 Å². The first kappa shape index (κ1) is 22.8. The van der Waals surface area contributed by atoms with Crippen molar-refractivity contribution in [1.82, 2.24) is 9.80 Å². The summed E-state index contributed by atoms with van der Waals surface area (Å²) in [7, 11) is 0. The summed E-state index contributed by atoms with van der Waals surface area (Å²) in [6.07, 6.45) is 7.07. The molecule has 1 aromatic carbocycles. The second-order valence-corrected chi connectivity index (χ2v) is 11.3. The highest BCUT2D eigenvalue weighted by molar-refractivity contribution is 6.00. The predicted octanol–water partition coefficient (Wildman–Crippen LogP) is 2.93. The van der Waals surface area contributed by atoms with Crippen molar-refractivity contribution in [3.8, 4) is 0 Å². The highest BCUT2D eigenvalue weighted by Crippen LogP contribution is 2.60. The number of piperazine rings is 1. The number of benzene rings is 1. The molecule has 0 unspecified atom stereocenters. The van der Waals surface area contributed by atoms with Gasteiger partial charge in [0.1, 0.15) is 0 Å². The summed E-state index contributed by atoms with van der Waals surface area (Å²) >= 11 is 0. The average Bonchev–Trinajstić information content (AvgIpc) is 2.87. The summed E-state index contributed by atoms with van der Waals surface area (Å²) in [5.74, 6) is 2.28. The number of nitro benzene ring substituents is 1. The number of nitro groups is 1. The summed E-state index contributed by atoms with van der Waals surface area (Å²) < 4.78 is 5.44. The van der Waals surface area contributed by atoms with E-state index in [-0.39, 0.29) is 17.0 Å². The first-order valence-corrected chi connectivity index (χ1v) is 13.1. The molecule has 35 heavy (non-hydrogen) atoms. The van der Waals surface area contributed by atoms with E-state index in [0.717, 1.165) is 42.7 Å². The van der Waals surface area contributed by atoms with Crippen LogP contribution in [0.15, 0.2) is 18.2 Å². The molecule has 6 fully saturated rings. The van der Waals surface area contributed by atoms with Gasteiger partial charge in [0, 0.05) is 51.4 Å². The molecule has 0 aromatic heterocycles. The van der Waals surface area contributed by atoms with E-state index in [1.165, 1.54) is 31.4 Å². The normalized spacial score (nSPS) is 32.1. The zero-order chi connectivity index (χ0) is 24.2. The number of non-ortho nitro benzene ring substituents is 1. The number of morpholine rings is 1. The van der Waals surface area contributed by atoms with Gasteiger partial charge in [-0.15, -0.1) is 0 Å². The Labute approximate surface area is 205 Å². The molecule has 0 atom stereocenters. The third-order valence-electron chi connectivity index (χ3n) is 9.12. The molecule has 4 bridgehead atoms. The third-order valence-corrected chi connectivity index (χ3v) is 9.12. The van der Waals surface area contributed by atoms with Crippen molar-refractivity contribution in [1.29, 1.82) is 0 Å². The first-order valence-electron chi connectivity index (χ1n) is 13.1. The number of nitrogens with zero attached hydrogens (tertiary/aromatic N) is 4. The van der Waals surface area contributed by atoms with Crippen LogP contribution in [0.4, 0.5) is 11.4 Å². The van der Waals surface area contributed by atoms with Crippen molar-refractivity contribution in [2.24, 2.45) is 23.2 Å². The zero-order valence-electron chi connectivity index (χ0n) is 20.2. The van der Waals surface area contributed by atoms with Crippen molar-refractivity contribution >= 4 is 23.2 Å². The van der Waals surface area contributed by atoms with Gasteiger partial charge < -0.3 is 19.4 Å². The van der Waals surface area contributed by atoms with E-state index in [9.17, 15) is 19.7 Å². The van der Waals surface area contributed by atoms with Crippen LogP contribution in [-0.4, -0.2) is 79.0 Å². The Bertz CT molecular complexity index is 993. The second kappa shape index (κ2) is 8.76. The van der Waals surface area contributed by atoms with E-state index in [1.54, 1.807) is 11.0 Å². The minimum atomic E-state index is -0.456. The van der Waals surface area contributed by atoms with Crippen LogP contribution in [0.25, 0.3) is 0 Å². The monoisotopic (exact) mass is 482 g/mol. The standard InChI is InChI=1S/C26H34N4O5/c31-24(22-14-21(30(33)34)1-2-23(22)27-7-9-35-10-8-27)28-3-5-29(6-4-28)25(32)26-15-18-11-19(16-26)13-20(12-18)17-26/h1-2,14,18-20H,3-13,15-17H2. The number of carbonyl (C=O) groups is 2.